The molecule has 0 atom stereocenters. The van der Waals surface area contributed by atoms with Gasteiger partial charge in [0.15, 0.2) is 0 Å². The standard InChI is InChI=1S/C17H22ClN3O3/c18-14-4-1-12(11-22)9-15(14)19-10-16(23)20-5-7-21(8-6-20)17(24)13-2-3-13/h1,4,9,13,19,22H,2-3,5-8,10-11H2. The van der Waals surface area contributed by atoms with Gasteiger partial charge in [-0.2, -0.15) is 0 Å². The van der Waals surface area contributed by atoms with E-state index in [1.165, 1.54) is 0 Å². The van der Waals surface area contributed by atoms with Crippen LogP contribution in [0.5, 0.6) is 0 Å². The molecule has 1 heterocycles. The van der Waals surface area contributed by atoms with Crippen molar-refractivity contribution in [1.29, 1.82) is 0 Å². The van der Waals surface area contributed by atoms with Crippen LogP contribution < -0.4 is 5.32 Å². The van der Waals surface area contributed by atoms with Crippen LogP contribution in [-0.2, 0) is 16.2 Å². The highest BCUT2D eigenvalue weighted by Crippen LogP contribution is 2.31. The predicted octanol–water partition coefficient (Wildman–Crippen LogP) is 1.32. The van der Waals surface area contributed by atoms with Gasteiger partial charge >= 0.3 is 0 Å². The number of nitrogens with one attached hydrogen (secondary N) is 1. The second-order valence-electron chi connectivity index (χ2n) is 6.31. The molecule has 0 unspecified atom stereocenters. The Hall–Kier alpha value is -1.79. The van der Waals surface area contributed by atoms with Crippen molar-refractivity contribution >= 4 is 29.1 Å². The molecule has 2 amide bonds. The molecule has 0 aromatic heterocycles. The number of hydrogen-bond acceptors (Lipinski definition) is 4. The number of hydrogen-bond donors (Lipinski definition) is 2. The van der Waals surface area contributed by atoms with E-state index in [0.717, 1.165) is 18.4 Å². The van der Waals surface area contributed by atoms with Crippen molar-refractivity contribution in [2.75, 3.05) is 38.0 Å². The third kappa shape index (κ3) is 3.99. The maximum Gasteiger partial charge on any atom is 0.241 e. The summed E-state index contributed by atoms with van der Waals surface area (Å²) < 4.78 is 0. The van der Waals surface area contributed by atoms with E-state index in [2.05, 4.69) is 5.32 Å². The Morgan fingerprint density at radius 2 is 1.83 bits per heavy atom. The lowest BCUT2D eigenvalue weighted by Gasteiger charge is -2.35. The molecular formula is C17H22ClN3O3. The molecule has 6 nitrogen and oxygen atoms in total. The molecule has 24 heavy (non-hydrogen) atoms. The normalized spacial score (nSPS) is 17.8. The zero-order valence-electron chi connectivity index (χ0n) is 13.5. The number of rotatable bonds is 5. The fourth-order valence-electron chi connectivity index (χ4n) is 2.85. The molecule has 7 heteroatoms. The van der Waals surface area contributed by atoms with E-state index >= 15 is 0 Å². The molecule has 0 bridgehead atoms. The number of aliphatic hydroxyl groups excluding tert-OH is 1. The lowest BCUT2D eigenvalue weighted by molar-refractivity contribution is -0.139. The van der Waals surface area contributed by atoms with Crippen LogP contribution in [0.25, 0.3) is 0 Å². The van der Waals surface area contributed by atoms with Crippen LogP contribution >= 0.6 is 11.6 Å². The molecule has 1 saturated carbocycles. The van der Waals surface area contributed by atoms with E-state index in [1.54, 1.807) is 23.1 Å². The highest BCUT2D eigenvalue weighted by atomic mass is 35.5. The minimum atomic E-state index is -0.0726. The summed E-state index contributed by atoms with van der Waals surface area (Å²) in [7, 11) is 0. The van der Waals surface area contributed by atoms with E-state index in [4.69, 9.17) is 16.7 Å². The van der Waals surface area contributed by atoms with Gasteiger partial charge in [0, 0.05) is 32.1 Å². The highest BCUT2D eigenvalue weighted by Gasteiger charge is 2.35. The predicted molar refractivity (Wildman–Crippen MR) is 91.7 cm³/mol. The molecule has 1 aliphatic carbocycles. The molecular weight excluding hydrogens is 330 g/mol. The zero-order chi connectivity index (χ0) is 17.1. The second kappa shape index (κ2) is 7.40. The van der Waals surface area contributed by atoms with Gasteiger partial charge in [0.05, 0.1) is 23.9 Å². The van der Waals surface area contributed by atoms with Crippen molar-refractivity contribution in [1.82, 2.24) is 9.80 Å². The van der Waals surface area contributed by atoms with Crippen LogP contribution in [0.1, 0.15) is 18.4 Å². The maximum absolute atomic E-state index is 12.3. The van der Waals surface area contributed by atoms with E-state index in [9.17, 15) is 9.59 Å². The van der Waals surface area contributed by atoms with E-state index in [-0.39, 0.29) is 30.9 Å². The van der Waals surface area contributed by atoms with Gasteiger partial charge in [-0.15, -0.1) is 0 Å². The van der Waals surface area contributed by atoms with Crippen molar-refractivity contribution in [2.45, 2.75) is 19.4 Å². The molecule has 1 saturated heterocycles. The lowest BCUT2D eigenvalue weighted by Crippen LogP contribution is -2.52. The molecule has 0 radical (unpaired) electrons. The monoisotopic (exact) mass is 351 g/mol. The van der Waals surface area contributed by atoms with Crippen molar-refractivity contribution in [2.24, 2.45) is 5.92 Å². The first-order valence-corrected chi connectivity index (χ1v) is 8.66. The van der Waals surface area contributed by atoms with Gasteiger partial charge in [-0.3, -0.25) is 9.59 Å². The molecule has 0 spiro atoms. The van der Waals surface area contributed by atoms with E-state index in [0.29, 0.717) is 36.9 Å². The molecule has 130 valence electrons. The van der Waals surface area contributed by atoms with Crippen LogP contribution in [0.15, 0.2) is 18.2 Å². The number of benzene rings is 1. The summed E-state index contributed by atoms with van der Waals surface area (Å²) in [6, 6.07) is 5.18. The first-order chi connectivity index (χ1) is 11.6. The fourth-order valence-corrected chi connectivity index (χ4v) is 3.04. The molecule has 1 aromatic carbocycles. The Labute approximate surface area is 146 Å². The van der Waals surface area contributed by atoms with Crippen LogP contribution in [0, 0.1) is 5.92 Å². The number of amides is 2. The number of carbonyl (C=O) groups excluding carboxylic acids is 2. The second-order valence-corrected chi connectivity index (χ2v) is 6.71. The molecule has 2 N–H and O–H groups in total. The lowest BCUT2D eigenvalue weighted by atomic mass is 10.2. The fraction of sp³-hybridized carbons (Fsp3) is 0.529. The van der Waals surface area contributed by atoms with Gasteiger partial charge in [0.25, 0.3) is 0 Å². The van der Waals surface area contributed by atoms with Crippen molar-refractivity contribution in [3.8, 4) is 0 Å². The quantitative estimate of drug-likeness (QED) is 0.839. The first-order valence-electron chi connectivity index (χ1n) is 8.28. The summed E-state index contributed by atoms with van der Waals surface area (Å²) in [5.41, 5.74) is 1.38. The topological polar surface area (TPSA) is 72.9 Å². The summed E-state index contributed by atoms with van der Waals surface area (Å²) in [6.07, 6.45) is 2.02. The van der Waals surface area contributed by atoms with Crippen LogP contribution in [0.3, 0.4) is 0 Å². The minimum Gasteiger partial charge on any atom is -0.392 e. The van der Waals surface area contributed by atoms with Crippen LogP contribution in [0.2, 0.25) is 5.02 Å². The van der Waals surface area contributed by atoms with Gasteiger partial charge in [-0.1, -0.05) is 17.7 Å². The summed E-state index contributed by atoms with van der Waals surface area (Å²) in [4.78, 5) is 28.0. The van der Waals surface area contributed by atoms with Crippen LogP contribution in [0.4, 0.5) is 5.69 Å². The number of carbonyl (C=O) groups is 2. The summed E-state index contributed by atoms with van der Waals surface area (Å²) in [5.74, 6) is 0.460. The molecule has 1 aliphatic heterocycles. The highest BCUT2D eigenvalue weighted by molar-refractivity contribution is 6.33. The van der Waals surface area contributed by atoms with Crippen molar-refractivity contribution < 1.29 is 14.7 Å². The zero-order valence-corrected chi connectivity index (χ0v) is 14.3. The van der Waals surface area contributed by atoms with Crippen molar-refractivity contribution in [3.63, 3.8) is 0 Å². The summed E-state index contributed by atoms with van der Waals surface area (Å²) in [5, 5.41) is 12.7. The van der Waals surface area contributed by atoms with E-state index < -0.39 is 0 Å². The molecule has 3 rings (SSSR count). The number of aliphatic hydroxyl groups is 1. The number of piperazine rings is 1. The van der Waals surface area contributed by atoms with Crippen LogP contribution in [-0.4, -0.2) is 59.4 Å². The Bertz CT molecular complexity index is 626. The average molecular weight is 352 g/mol. The third-order valence-corrected chi connectivity index (χ3v) is 4.84. The largest absolute Gasteiger partial charge is 0.392 e. The Kier molecular flexibility index (Phi) is 5.26. The minimum absolute atomic E-state index is 0.0148. The smallest absolute Gasteiger partial charge is 0.241 e. The number of nitrogens with zero attached hydrogens (tertiary/aromatic N) is 2. The summed E-state index contributed by atoms with van der Waals surface area (Å²) in [6.45, 7) is 2.44. The number of anilines is 1. The Balaban J connectivity index is 1.48. The maximum atomic E-state index is 12.3. The van der Waals surface area contributed by atoms with Gasteiger partial charge in [-0.05, 0) is 30.5 Å². The molecule has 2 fully saturated rings. The molecule has 1 aromatic rings. The van der Waals surface area contributed by atoms with Gasteiger partial charge in [-0.25, -0.2) is 0 Å². The van der Waals surface area contributed by atoms with Gasteiger partial charge in [0.1, 0.15) is 0 Å². The van der Waals surface area contributed by atoms with Crippen molar-refractivity contribution in [3.05, 3.63) is 28.8 Å². The van der Waals surface area contributed by atoms with Gasteiger partial charge < -0.3 is 20.2 Å². The number of halogens is 1. The first kappa shape index (κ1) is 17.0. The third-order valence-electron chi connectivity index (χ3n) is 4.51. The van der Waals surface area contributed by atoms with E-state index in [1.807, 2.05) is 4.90 Å². The molecule has 2 aliphatic rings. The van der Waals surface area contributed by atoms with Gasteiger partial charge in [0.2, 0.25) is 11.8 Å². The summed E-state index contributed by atoms with van der Waals surface area (Å²) >= 11 is 6.10. The Morgan fingerprint density at radius 3 is 2.46 bits per heavy atom. The Morgan fingerprint density at radius 1 is 1.17 bits per heavy atom. The average Bonchev–Trinajstić information content (AvgIpc) is 3.45. The SMILES string of the molecule is O=C(CNc1cc(CO)ccc1Cl)N1CCN(C(=O)C2CC2)CC1.